The van der Waals surface area contributed by atoms with E-state index in [1.54, 1.807) is 6.07 Å². The maximum Gasteiger partial charge on any atom is 0.234 e. The maximum absolute atomic E-state index is 13.4. The molecular weight excluding hydrogens is 294 g/mol. The Morgan fingerprint density at radius 1 is 1.24 bits per heavy atom. The van der Waals surface area contributed by atoms with Gasteiger partial charge in [0.2, 0.25) is 5.91 Å². The lowest BCUT2D eigenvalue weighted by molar-refractivity contribution is -0.113. The van der Waals surface area contributed by atoms with Gasteiger partial charge in [-0.2, -0.15) is 0 Å². The highest BCUT2D eigenvalue weighted by molar-refractivity contribution is 8.00. The minimum absolute atomic E-state index is 0.0320. The molecule has 2 aromatic carbocycles. The smallest absolute Gasteiger partial charge is 0.234 e. The summed E-state index contributed by atoms with van der Waals surface area (Å²) in [5.74, 6) is -1.71. The molecule has 0 radical (unpaired) electrons. The van der Waals surface area contributed by atoms with Crippen molar-refractivity contribution in [3.8, 4) is 0 Å². The van der Waals surface area contributed by atoms with E-state index in [9.17, 15) is 13.6 Å². The van der Waals surface area contributed by atoms with Crippen LogP contribution in [0.5, 0.6) is 0 Å². The number of thioether (sulfide) groups is 1. The van der Waals surface area contributed by atoms with Crippen LogP contribution in [0, 0.1) is 18.6 Å². The van der Waals surface area contributed by atoms with Gasteiger partial charge in [-0.3, -0.25) is 4.79 Å². The highest BCUT2D eigenvalue weighted by Crippen LogP contribution is 2.23. The molecule has 0 bridgehead atoms. The van der Waals surface area contributed by atoms with Crippen molar-refractivity contribution in [2.24, 2.45) is 0 Å². The monoisotopic (exact) mass is 308 g/mol. The van der Waals surface area contributed by atoms with E-state index in [0.29, 0.717) is 5.69 Å². The number of hydrogen-bond donors (Lipinski definition) is 2. The fraction of sp³-hybridized carbons (Fsp3) is 0.133. The third-order valence-corrected chi connectivity index (χ3v) is 3.81. The number of nitrogens with one attached hydrogen (secondary N) is 1. The van der Waals surface area contributed by atoms with Gasteiger partial charge in [-0.15, -0.1) is 11.8 Å². The number of anilines is 2. The molecule has 3 N–H and O–H groups in total. The summed E-state index contributed by atoms with van der Waals surface area (Å²) in [5, 5.41) is 2.41. The predicted molar refractivity (Wildman–Crippen MR) is 81.3 cm³/mol. The maximum atomic E-state index is 13.4. The van der Waals surface area contributed by atoms with Gasteiger partial charge in [0, 0.05) is 16.6 Å². The quantitative estimate of drug-likeness (QED) is 0.670. The normalized spacial score (nSPS) is 10.4. The van der Waals surface area contributed by atoms with Crippen molar-refractivity contribution in [1.29, 1.82) is 0 Å². The molecule has 2 rings (SSSR count). The minimum Gasteiger partial charge on any atom is -0.399 e. The number of benzene rings is 2. The van der Waals surface area contributed by atoms with E-state index in [4.69, 9.17) is 5.73 Å². The van der Waals surface area contributed by atoms with Crippen molar-refractivity contribution < 1.29 is 13.6 Å². The van der Waals surface area contributed by atoms with Gasteiger partial charge in [0.15, 0.2) is 0 Å². The van der Waals surface area contributed by atoms with Gasteiger partial charge in [-0.05, 0) is 42.8 Å². The number of aryl methyl sites for hydroxylation is 1. The van der Waals surface area contributed by atoms with E-state index in [0.717, 1.165) is 22.6 Å². The summed E-state index contributed by atoms with van der Waals surface area (Å²) in [6.07, 6.45) is 0. The van der Waals surface area contributed by atoms with Crippen molar-refractivity contribution in [2.45, 2.75) is 11.8 Å². The number of rotatable bonds is 4. The Labute approximate surface area is 125 Å². The molecule has 2 aromatic rings. The van der Waals surface area contributed by atoms with Gasteiger partial charge in [-0.1, -0.05) is 0 Å². The first-order chi connectivity index (χ1) is 9.95. The Morgan fingerprint density at radius 2 is 2.00 bits per heavy atom. The molecule has 21 heavy (non-hydrogen) atoms. The molecule has 0 fully saturated rings. The molecule has 1 amide bonds. The van der Waals surface area contributed by atoms with Gasteiger partial charge in [0.05, 0.1) is 11.4 Å². The number of nitrogen functional groups attached to an aromatic ring is 1. The van der Waals surface area contributed by atoms with Crippen LogP contribution in [0.3, 0.4) is 0 Å². The lowest BCUT2D eigenvalue weighted by atomic mass is 10.2. The predicted octanol–water partition coefficient (Wildman–Crippen LogP) is 3.59. The average Bonchev–Trinajstić information content (AvgIpc) is 2.43. The molecule has 0 aromatic heterocycles. The molecule has 0 saturated heterocycles. The zero-order valence-electron chi connectivity index (χ0n) is 11.3. The SMILES string of the molecule is Cc1cc(SCC(=O)Nc2ccc(F)cc2F)ccc1N. The Bertz CT molecular complexity index is 677. The third kappa shape index (κ3) is 4.19. The highest BCUT2D eigenvalue weighted by Gasteiger charge is 2.09. The van der Waals surface area contributed by atoms with Crippen LogP contribution in [0.1, 0.15) is 5.56 Å². The lowest BCUT2D eigenvalue weighted by Crippen LogP contribution is -2.15. The second kappa shape index (κ2) is 6.58. The van der Waals surface area contributed by atoms with Crippen LogP contribution < -0.4 is 11.1 Å². The van der Waals surface area contributed by atoms with Gasteiger partial charge in [0.1, 0.15) is 11.6 Å². The van der Waals surface area contributed by atoms with Crippen LogP contribution in [0.4, 0.5) is 20.2 Å². The Balaban J connectivity index is 1.94. The fourth-order valence-corrected chi connectivity index (χ4v) is 2.46. The lowest BCUT2D eigenvalue weighted by Gasteiger charge is -2.07. The van der Waals surface area contributed by atoms with E-state index >= 15 is 0 Å². The average molecular weight is 308 g/mol. The number of halogens is 2. The molecule has 0 saturated carbocycles. The second-order valence-electron chi connectivity index (χ2n) is 4.48. The molecule has 110 valence electrons. The van der Waals surface area contributed by atoms with Gasteiger partial charge < -0.3 is 11.1 Å². The van der Waals surface area contributed by atoms with E-state index in [2.05, 4.69) is 5.32 Å². The van der Waals surface area contributed by atoms with Gasteiger partial charge in [0.25, 0.3) is 0 Å². The summed E-state index contributed by atoms with van der Waals surface area (Å²) in [4.78, 5) is 12.7. The summed E-state index contributed by atoms with van der Waals surface area (Å²) < 4.78 is 26.2. The molecule has 3 nitrogen and oxygen atoms in total. The summed E-state index contributed by atoms with van der Waals surface area (Å²) in [6, 6.07) is 8.49. The van der Waals surface area contributed by atoms with E-state index in [1.165, 1.54) is 17.8 Å². The molecule has 0 atom stereocenters. The number of carbonyl (C=O) groups excluding carboxylic acids is 1. The molecule has 0 spiro atoms. The molecular formula is C15H14F2N2OS. The highest BCUT2D eigenvalue weighted by atomic mass is 32.2. The topological polar surface area (TPSA) is 55.1 Å². The largest absolute Gasteiger partial charge is 0.399 e. The first kappa shape index (κ1) is 15.3. The van der Waals surface area contributed by atoms with Crippen LogP contribution in [-0.2, 0) is 4.79 Å². The summed E-state index contributed by atoms with van der Waals surface area (Å²) in [6.45, 7) is 1.88. The van der Waals surface area contributed by atoms with Gasteiger partial charge in [-0.25, -0.2) is 8.78 Å². The number of nitrogens with two attached hydrogens (primary N) is 1. The first-order valence-electron chi connectivity index (χ1n) is 6.19. The molecule has 0 unspecified atom stereocenters. The van der Waals surface area contributed by atoms with Crippen molar-refractivity contribution in [2.75, 3.05) is 16.8 Å². The van der Waals surface area contributed by atoms with E-state index in [1.807, 2.05) is 19.1 Å². The van der Waals surface area contributed by atoms with Crippen LogP contribution in [0.2, 0.25) is 0 Å². The van der Waals surface area contributed by atoms with Crippen molar-refractivity contribution in [1.82, 2.24) is 0 Å². The Hall–Kier alpha value is -2.08. The van der Waals surface area contributed by atoms with Crippen molar-refractivity contribution >= 4 is 29.0 Å². The zero-order valence-corrected chi connectivity index (χ0v) is 12.1. The number of carbonyl (C=O) groups is 1. The van der Waals surface area contributed by atoms with Crippen LogP contribution in [-0.4, -0.2) is 11.7 Å². The van der Waals surface area contributed by atoms with Crippen LogP contribution in [0.25, 0.3) is 0 Å². The molecule has 0 aliphatic rings. The molecule has 0 aliphatic carbocycles. The summed E-state index contributed by atoms with van der Waals surface area (Å²) >= 11 is 1.32. The van der Waals surface area contributed by atoms with Crippen LogP contribution >= 0.6 is 11.8 Å². The standard InChI is InChI=1S/C15H14F2N2OS/c1-9-6-11(3-4-13(9)18)21-8-15(20)19-14-5-2-10(16)7-12(14)17/h2-7H,8,18H2,1H3,(H,19,20). The van der Waals surface area contributed by atoms with E-state index in [-0.39, 0.29) is 17.3 Å². The first-order valence-corrected chi connectivity index (χ1v) is 7.18. The van der Waals surface area contributed by atoms with Gasteiger partial charge >= 0.3 is 0 Å². The van der Waals surface area contributed by atoms with Crippen molar-refractivity contribution in [3.05, 3.63) is 53.6 Å². The Kier molecular flexibility index (Phi) is 4.80. The summed E-state index contributed by atoms with van der Waals surface area (Å²) in [7, 11) is 0. The fourth-order valence-electron chi connectivity index (χ4n) is 1.66. The molecule has 0 aliphatic heterocycles. The number of amides is 1. The van der Waals surface area contributed by atoms with Crippen LogP contribution in [0.15, 0.2) is 41.3 Å². The molecule has 0 heterocycles. The molecule has 6 heteroatoms. The zero-order chi connectivity index (χ0) is 15.4. The van der Waals surface area contributed by atoms with E-state index < -0.39 is 11.6 Å². The second-order valence-corrected chi connectivity index (χ2v) is 5.53. The summed E-state index contributed by atoms with van der Waals surface area (Å²) in [5.41, 5.74) is 7.31. The number of hydrogen-bond acceptors (Lipinski definition) is 3. The minimum atomic E-state index is -0.795. The Morgan fingerprint density at radius 3 is 2.67 bits per heavy atom. The van der Waals surface area contributed by atoms with Crippen molar-refractivity contribution in [3.63, 3.8) is 0 Å². The third-order valence-electron chi connectivity index (χ3n) is 2.82.